The van der Waals surface area contributed by atoms with E-state index in [0.29, 0.717) is 6.54 Å². The van der Waals surface area contributed by atoms with E-state index in [1.165, 1.54) is 13.4 Å². The molecule has 0 aliphatic rings. The van der Waals surface area contributed by atoms with E-state index in [2.05, 4.69) is 11.6 Å². The van der Waals surface area contributed by atoms with Crippen molar-refractivity contribution in [1.82, 2.24) is 9.55 Å². The highest BCUT2D eigenvalue weighted by Crippen LogP contribution is 2.05. The lowest BCUT2D eigenvalue weighted by atomic mass is 10.2. The molecule has 1 heterocycles. The Bertz CT molecular complexity index is 498. The van der Waals surface area contributed by atoms with E-state index in [0.717, 1.165) is 5.57 Å². The molecule has 1 aromatic heterocycles. The third-order valence-electron chi connectivity index (χ3n) is 2.17. The van der Waals surface area contributed by atoms with Crippen LogP contribution in [-0.2, 0) is 6.54 Å². The first-order valence-corrected chi connectivity index (χ1v) is 5.25. The van der Waals surface area contributed by atoms with E-state index in [-0.39, 0.29) is 11.3 Å². The number of ether oxygens (including phenoxy) is 1. The van der Waals surface area contributed by atoms with Gasteiger partial charge in [-0.3, -0.25) is 4.79 Å². The first-order chi connectivity index (χ1) is 8.21. The molecule has 0 aliphatic heterocycles. The smallest absolute Gasteiger partial charge is 0.314 e. The van der Waals surface area contributed by atoms with Crippen LogP contribution in [0.4, 0.5) is 0 Å². The highest BCUT2D eigenvalue weighted by atomic mass is 16.5. The topological polar surface area (TPSA) is 44.1 Å². The van der Waals surface area contributed by atoms with Crippen LogP contribution in [0.15, 0.2) is 53.8 Å². The largest absolute Gasteiger partial charge is 0.490 e. The standard InChI is InChI=1S/C13H16N2O2/c1-4-6-7-11(5-2)8-15-9-12(17-3)13(16)14-10-15/h4-7,9-10H,2,8H2,1,3H3/b6-4-,11-7+. The molecule has 0 atom stereocenters. The Hall–Kier alpha value is -2.10. The van der Waals surface area contributed by atoms with Crippen molar-refractivity contribution in [3.8, 4) is 5.75 Å². The fourth-order valence-corrected chi connectivity index (χ4v) is 1.27. The summed E-state index contributed by atoms with van der Waals surface area (Å²) in [4.78, 5) is 15.0. The predicted octanol–water partition coefficient (Wildman–Crippen LogP) is 1.94. The Morgan fingerprint density at radius 2 is 2.41 bits per heavy atom. The number of methoxy groups -OCH3 is 1. The van der Waals surface area contributed by atoms with Gasteiger partial charge in [0.05, 0.1) is 19.6 Å². The van der Waals surface area contributed by atoms with E-state index >= 15 is 0 Å². The van der Waals surface area contributed by atoms with E-state index in [1.54, 1.807) is 16.8 Å². The normalized spacial score (nSPS) is 11.8. The maximum atomic E-state index is 11.2. The van der Waals surface area contributed by atoms with Crippen LogP contribution >= 0.6 is 0 Å². The van der Waals surface area contributed by atoms with Crippen molar-refractivity contribution < 1.29 is 4.74 Å². The van der Waals surface area contributed by atoms with Crippen molar-refractivity contribution in [2.45, 2.75) is 13.5 Å². The number of aromatic nitrogens is 2. The second-order valence-electron chi connectivity index (χ2n) is 3.39. The molecule has 4 heteroatoms. The van der Waals surface area contributed by atoms with Crippen LogP contribution in [0.1, 0.15) is 6.92 Å². The molecular weight excluding hydrogens is 216 g/mol. The maximum Gasteiger partial charge on any atom is 0.314 e. The Balaban J connectivity index is 2.94. The minimum absolute atomic E-state index is 0.238. The summed E-state index contributed by atoms with van der Waals surface area (Å²) < 4.78 is 6.70. The van der Waals surface area contributed by atoms with Crippen molar-refractivity contribution in [3.05, 3.63) is 59.3 Å². The number of rotatable bonds is 5. The van der Waals surface area contributed by atoms with Crippen LogP contribution in [0.25, 0.3) is 0 Å². The van der Waals surface area contributed by atoms with Crippen LogP contribution in [-0.4, -0.2) is 16.7 Å². The lowest BCUT2D eigenvalue weighted by molar-refractivity contribution is 0.402. The lowest BCUT2D eigenvalue weighted by Gasteiger charge is -2.07. The van der Waals surface area contributed by atoms with Gasteiger partial charge in [-0.1, -0.05) is 30.9 Å². The number of allylic oxidation sites excluding steroid dienone is 5. The maximum absolute atomic E-state index is 11.2. The zero-order valence-corrected chi connectivity index (χ0v) is 10.1. The van der Waals surface area contributed by atoms with Crippen molar-refractivity contribution in [2.75, 3.05) is 7.11 Å². The first kappa shape index (κ1) is 13.0. The van der Waals surface area contributed by atoms with Crippen molar-refractivity contribution in [2.24, 2.45) is 0 Å². The van der Waals surface area contributed by atoms with E-state index in [4.69, 9.17) is 4.74 Å². The molecule has 0 fully saturated rings. The quantitative estimate of drug-likeness (QED) is 0.729. The summed E-state index contributed by atoms with van der Waals surface area (Å²) in [5.41, 5.74) is 0.664. The molecule has 0 N–H and O–H groups in total. The van der Waals surface area contributed by atoms with E-state index in [1.807, 2.05) is 25.2 Å². The third-order valence-corrected chi connectivity index (χ3v) is 2.17. The molecule has 4 nitrogen and oxygen atoms in total. The molecular formula is C13H16N2O2. The molecule has 1 aromatic rings. The van der Waals surface area contributed by atoms with Crippen LogP contribution in [0, 0.1) is 0 Å². The fourth-order valence-electron chi connectivity index (χ4n) is 1.27. The molecule has 90 valence electrons. The van der Waals surface area contributed by atoms with Gasteiger partial charge in [-0.05, 0) is 12.5 Å². The molecule has 0 radical (unpaired) electrons. The summed E-state index contributed by atoms with van der Waals surface area (Å²) >= 11 is 0. The second kappa shape index (κ2) is 6.48. The Labute approximate surface area is 101 Å². The van der Waals surface area contributed by atoms with Gasteiger partial charge in [0.2, 0.25) is 5.75 Å². The van der Waals surface area contributed by atoms with Crippen LogP contribution in [0.2, 0.25) is 0 Å². The van der Waals surface area contributed by atoms with Gasteiger partial charge in [0.1, 0.15) is 0 Å². The van der Waals surface area contributed by atoms with Gasteiger partial charge in [0.25, 0.3) is 0 Å². The van der Waals surface area contributed by atoms with Gasteiger partial charge in [-0.15, -0.1) is 0 Å². The molecule has 1 rings (SSSR count). The molecule has 0 amide bonds. The zero-order chi connectivity index (χ0) is 12.7. The summed E-state index contributed by atoms with van der Waals surface area (Å²) in [6.07, 6.45) is 10.7. The van der Waals surface area contributed by atoms with Gasteiger partial charge in [0.15, 0.2) is 0 Å². The summed E-state index contributed by atoms with van der Waals surface area (Å²) in [6.45, 7) is 6.28. The Morgan fingerprint density at radius 1 is 1.65 bits per heavy atom. The van der Waals surface area contributed by atoms with Crippen molar-refractivity contribution >= 4 is 0 Å². The molecule has 0 saturated heterocycles. The van der Waals surface area contributed by atoms with Crippen molar-refractivity contribution in [3.63, 3.8) is 0 Å². The van der Waals surface area contributed by atoms with Gasteiger partial charge < -0.3 is 9.30 Å². The SMILES string of the molecule is C=C/C(=C\C=C/C)Cn1cnc(=O)c(OC)c1. The number of nitrogens with zero attached hydrogens (tertiary/aromatic N) is 2. The molecule has 17 heavy (non-hydrogen) atoms. The summed E-state index contributed by atoms with van der Waals surface area (Å²) in [5.74, 6) is 0.238. The summed E-state index contributed by atoms with van der Waals surface area (Å²) in [6, 6.07) is 0. The minimum Gasteiger partial charge on any atom is -0.490 e. The third kappa shape index (κ3) is 3.75. The first-order valence-electron chi connectivity index (χ1n) is 5.25. The molecule has 0 aromatic carbocycles. The monoisotopic (exact) mass is 232 g/mol. The zero-order valence-electron chi connectivity index (χ0n) is 10.1. The highest BCUT2D eigenvalue weighted by molar-refractivity contribution is 5.22. The van der Waals surface area contributed by atoms with Gasteiger partial charge in [-0.25, -0.2) is 0 Å². The van der Waals surface area contributed by atoms with Crippen LogP contribution < -0.4 is 10.3 Å². The van der Waals surface area contributed by atoms with Gasteiger partial charge in [-0.2, -0.15) is 4.98 Å². The molecule has 0 bridgehead atoms. The Kier molecular flexibility index (Phi) is 4.94. The molecule has 0 aliphatic carbocycles. The predicted molar refractivity (Wildman–Crippen MR) is 68.1 cm³/mol. The number of hydrogen-bond acceptors (Lipinski definition) is 3. The van der Waals surface area contributed by atoms with E-state index in [9.17, 15) is 4.79 Å². The fraction of sp³-hybridized carbons (Fsp3) is 0.231. The van der Waals surface area contributed by atoms with E-state index < -0.39 is 0 Å². The molecule has 0 saturated carbocycles. The van der Waals surface area contributed by atoms with Gasteiger partial charge >= 0.3 is 5.56 Å². The number of hydrogen-bond donors (Lipinski definition) is 0. The molecule has 0 unspecified atom stereocenters. The summed E-state index contributed by atoms with van der Waals surface area (Å²) in [5, 5.41) is 0. The second-order valence-corrected chi connectivity index (χ2v) is 3.39. The average Bonchev–Trinajstić information content (AvgIpc) is 2.36. The Morgan fingerprint density at radius 3 is 3.00 bits per heavy atom. The highest BCUT2D eigenvalue weighted by Gasteiger charge is 2.01. The minimum atomic E-state index is -0.360. The van der Waals surface area contributed by atoms with Crippen molar-refractivity contribution in [1.29, 1.82) is 0 Å². The molecule has 0 spiro atoms. The van der Waals surface area contributed by atoms with Crippen LogP contribution in [0.3, 0.4) is 0 Å². The average molecular weight is 232 g/mol. The summed E-state index contributed by atoms with van der Waals surface area (Å²) in [7, 11) is 1.45. The van der Waals surface area contributed by atoms with Gasteiger partial charge in [0, 0.05) is 6.54 Å². The lowest BCUT2D eigenvalue weighted by Crippen LogP contribution is -2.13. The van der Waals surface area contributed by atoms with Crippen LogP contribution in [0.5, 0.6) is 5.75 Å².